The highest BCUT2D eigenvalue weighted by atomic mass is 127. The summed E-state index contributed by atoms with van der Waals surface area (Å²) in [6, 6.07) is 6.66. The van der Waals surface area contributed by atoms with Crippen molar-refractivity contribution in [1.82, 2.24) is 19.5 Å². The lowest BCUT2D eigenvalue weighted by Gasteiger charge is -2.36. The fourth-order valence-electron chi connectivity index (χ4n) is 3.99. The van der Waals surface area contributed by atoms with E-state index >= 15 is 0 Å². The van der Waals surface area contributed by atoms with Crippen molar-refractivity contribution in [1.29, 1.82) is 0 Å². The zero-order chi connectivity index (χ0) is 20.5. The Balaban J connectivity index is 1.77. The number of nitrogens with zero attached hydrogens (tertiary/aromatic N) is 5. The van der Waals surface area contributed by atoms with E-state index < -0.39 is 0 Å². The Kier molecular flexibility index (Phi) is 5.77. The van der Waals surface area contributed by atoms with Crippen molar-refractivity contribution in [3.8, 4) is 0 Å². The second-order valence-corrected chi connectivity index (χ2v) is 8.90. The van der Waals surface area contributed by atoms with E-state index in [1.54, 1.807) is 6.33 Å². The molecule has 0 saturated heterocycles. The van der Waals surface area contributed by atoms with E-state index in [-0.39, 0.29) is 6.04 Å². The van der Waals surface area contributed by atoms with E-state index in [1.165, 1.54) is 0 Å². The second kappa shape index (κ2) is 8.31. The summed E-state index contributed by atoms with van der Waals surface area (Å²) in [4.78, 5) is 16.1. The quantitative estimate of drug-likeness (QED) is 0.359. The zero-order valence-electron chi connectivity index (χ0n) is 16.6. The molecule has 1 fully saturated rings. The maximum Gasteiger partial charge on any atom is 0.230 e. The van der Waals surface area contributed by atoms with Crippen LogP contribution in [-0.2, 0) is 13.1 Å². The van der Waals surface area contributed by atoms with Crippen molar-refractivity contribution in [3.05, 3.63) is 33.7 Å². The van der Waals surface area contributed by atoms with Gasteiger partial charge in [0.15, 0.2) is 11.5 Å². The molecule has 0 aliphatic heterocycles. The van der Waals surface area contributed by atoms with Gasteiger partial charge in [-0.1, -0.05) is 0 Å². The van der Waals surface area contributed by atoms with Gasteiger partial charge in [-0.2, -0.15) is 9.97 Å². The van der Waals surface area contributed by atoms with E-state index in [4.69, 9.17) is 22.2 Å². The zero-order valence-corrected chi connectivity index (χ0v) is 18.7. The number of imidazole rings is 1. The Bertz CT molecular complexity index is 1010. The topological polar surface area (TPSA) is 125 Å². The summed E-state index contributed by atoms with van der Waals surface area (Å²) in [7, 11) is 0. The minimum absolute atomic E-state index is 0.269. The first-order chi connectivity index (χ1) is 14.0. The van der Waals surface area contributed by atoms with Crippen LogP contribution in [0.15, 0.2) is 24.5 Å². The fourth-order valence-corrected chi connectivity index (χ4v) is 4.54. The highest BCUT2D eigenvalue weighted by Gasteiger charge is 2.28. The van der Waals surface area contributed by atoms with E-state index in [9.17, 15) is 0 Å². The van der Waals surface area contributed by atoms with E-state index in [0.717, 1.165) is 52.7 Å². The van der Waals surface area contributed by atoms with Crippen molar-refractivity contribution in [3.63, 3.8) is 0 Å². The van der Waals surface area contributed by atoms with Gasteiger partial charge in [0.1, 0.15) is 5.52 Å². The maximum absolute atomic E-state index is 6.29. The monoisotopic (exact) mass is 506 g/mol. The van der Waals surface area contributed by atoms with Crippen LogP contribution in [0.3, 0.4) is 0 Å². The molecule has 0 amide bonds. The van der Waals surface area contributed by atoms with Crippen LogP contribution in [0.1, 0.15) is 38.2 Å². The van der Waals surface area contributed by atoms with Gasteiger partial charge in [0.25, 0.3) is 0 Å². The molecule has 154 valence electrons. The van der Waals surface area contributed by atoms with Gasteiger partial charge in [0.05, 0.1) is 6.33 Å². The molecule has 1 aliphatic carbocycles. The molecule has 0 unspecified atom stereocenters. The molecule has 1 aromatic carbocycles. The van der Waals surface area contributed by atoms with Crippen molar-refractivity contribution < 1.29 is 0 Å². The smallest absolute Gasteiger partial charge is 0.230 e. The molecule has 0 atom stereocenters. The molecular formula is C20H27IN8. The third-order valence-corrected chi connectivity index (χ3v) is 6.38. The summed E-state index contributed by atoms with van der Waals surface area (Å²) in [6.07, 6.45) is 5.75. The Labute approximate surface area is 184 Å². The number of aryl methyl sites for hydroxylation is 1. The summed E-state index contributed by atoms with van der Waals surface area (Å²) in [6.45, 7) is 3.47. The van der Waals surface area contributed by atoms with E-state index in [0.29, 0.717) is 29.9 Å². The van der Waals surface area contributed by atoms with Crippen LogP contribution in [0.25, 0.3) is 11.2 Å². The number of halogens is 1. The van der Waals surface area contributed by atoms with Gasteiger partial charge in [0.2, 0.25) is 5.95 Å². The predicted octanol–water partition coefficient (Wildman–Crippen LogP) is 2.89. The molecular weight excluding hydrogens is 479 g/mol. The van der Waals surface area contributed by atoms with Crippen LogP contribution in [-0.4, -0.2) is 31.6 Å². The molecule has 9 heteroatoms. The normalized spacial score (nSPS) is 19.6. The minimum Gasteiger partial charge on any atom is -0.398 e. The van der Waals surface area contributed by atoms with Gasteiger partial charge < -0.3 is 26.7 Å². The van der Waals surface area contributed by atoms with Crippen LogP contribution in [0, 0.1) is 3.57 Å². The highest BCUT2D eigenvalue weighted by Crippen LogP contribution is 2.30. The Morgan fingerprint density at radius 3 is 2.66 bits per heavy atom. The van der Waals surface area contributed by atoms with Crippen LogP contribution < -0.4 is 22.1 Å². The maximum atomic E-state index is 6.29. The largest absolute Gasteiger partial charge is 0.398 e. The summed E-state index contributed by atoms with van der Waals surface area (Å²) in [5.41, 5.74) is 22.0. The van der Waals surface area contributed by atoms with Gasteiger partial charge in [-0.15, -0.1) is 0 Å². The molecule has 4 rings (SSSR count). The fraction of sp³-hybridized carbons (Fsp3) is 0.450. The molecule has 0 bridgehead atoms. The SMILES string of the molecule is CCn1cnc2c(N)nc(N(Cc3cc(I)ccc3N)C3CCC(N)CC3)nc21. The average Bonchev–Trinajstić information content (AvgIpc) is 3.13. The third kappa shape index (κ3) is 4.11. The standard InChI is InChI=1S/C20H27IN8/c1-2-28-11-25-17-18(24)26-20(27-19(17)28)29(15-6-4-14(22)5-7-15)10-12-9-13(21)3-8-16(12)23/h3,8-9,11,14-15H,2,4-7,10,22-23H2,1H3,(H2,24,26,27). The average molecular weight is 506 g/mol. The van der Waals surface area contributed by atoms with Crippen LogP contribution >= 0.6 is 22.6 Å². The Hall–Kier alpha value is -2.14. The molecule has 0 spiro atoms. The molecule has 2 aromatic heterocycles. The summed E-state index contributed by atoms with van der Waals surface area (Å²) in [5, 5.41) is 0. The minimum atomic E-state index is 0.269. The Morgan fingerprint density at radius 2 is 1.93 bits per heavy atom. The molecule has 1 saturated carbocycles. The predicted molar refractivity (Wildman–Crippen MR) is 125 cm³/mol. The summed E-state index contributed by atoms with van der Waals surface area (Å²) < 4.78 is 3.14. The molecule has 8 nitrogen and oxygen atoms in total. The molecule has 29 heavy (non-hydrogen) atoms. The van der Waals surface area contributed by atoms with Crippen molar-refractivity contribution >= 4 is 51.2 Å². The first kappa shape index (κ1) is 20.1. The molecule has 1 aliphatic rings. The van der Waals surface area contributed by atoms with Crippen molar-refractivity contribution in [2.45, 2.75) is 57.8 Å². The Morgan fingerprint density at radius 1 is 1.17 bits per heavy atom. The lowest BCUT2D eigenvalue weighted by Crippen LogP contribution is -2.41. The van der Waals surface area contributed by atoms with Crippen LogP contribution in [0.2, 0.25) is 0 Å². The van der Waals surface area contributed by atoms with Crippen LogP contribution in [0.4, 0.5) is 17.5 Å². The molecule has 0 radical (unpaired) electrons. The second-order valence-electron chi connectivity index (χ2n) is 7.65. The number of benzene rings is 1. The molecule has 2 heterocycles. The van der Waals surface area contributed by atoms with Gasteiger partial charge >= 0.3 is 0 Å². The summed E-state index contributed by atoms with van der Waals surface area (Å²) >= 11 is 2.31. The number of nitrogens with two attached hydrogens (primary N) is 3. The van der Waals surface area contributed by atoms with Gasteiger partial charge in [-0.25, -0.2) is 4.98 Å². The van der Waals surface area contributed by atoms with Gasteiger partial charge in [-0.05, 0) is 79.0 Å². The van der Waals surface area contributed by atoms with Gasteiger partial charge in [-0.3, -0.25) is 0 Å². The number of rotatable bonds is 5. The highest BCUT2D eigenvalue weighted by molar-refractivity contribution is 14.1. The van der Waals surface area contributed by atoms with Crippen molar-refractivity contribution in [2.24, 2.45) is 5.73 Å². The van der Waals surface area contributed by atoms with E-state index in [1.807, 2.05) is 16.7 Å². The lowest BCUT2D eigenvalue weighted by atomic mass is 9.90. The van der Waals surface area contributed by atoms with Crippen LogP contribution in [0.5, 0.6) is 0 Å². The number of nitrogen functional groups attached to an aromatic ring is 2. The third-order valence-electron chi connectivity index (χ3n) is 5.70. The van der Waals surface area contributed by atoms with Crippen molar-refractivity contribution in [2.75, 3.05) is 16.4 Å². The first-order valence-corrected chi connectivity index (χ1v) is 11.1. The lowest BCUT2D eigenvalue weighted by molar-refractivity contribution is 0.371. The number of aromatic nitrogens is 4. The number of hydrogen-bond acceptors (Lipinski definition) is 7. The first-order valence-electron chi connectivity index (χ1n) is 10.0. The summed E-state index contributed by atoms with van der Waals surface area (Å²) in [5.74, 6) is 1.04. The molecule has 6 N–H and O–H groups in total. The number of fused-ring (bicyclic) bond motifs is 1. The number of anilines is 3. The molecule has 3 aromatic rings. The van der Waals surface area contributed by atoms with Gasteiger partial charge in [0, 0.05) is 34.4 Å². The van der Waals surface area contributed by atoms with E-state index in [2.05, 4.69) is 50.4 Å². The number of hydrogen-bond donors (Lipinski definition) is 3.